The van der Waals surface area contributed by atoms with Crippen molar-refractivity contribution in [2.45, 2.75) is 5.60 Å². The summed E-state index contributed by atoms with van der Waals surface area (Å²) in [6.45, 7) is 3.15. The minimum Gasteiger partial charge on any atom is -0.459 e. The van der Waals surface area contributed by atoms with Crippen LogP contribution in [-0.2, 0) is 9.53 Å². The number of esters is 1. The molecule has 5 heteroatoms. The number of ether oxygens (including phenoxy) is 1. The third-order valence-electron chi connectivity index (χ3n) is 2.70. The van der Waals surface area contributed by atoms with E-state index in [1.807, 2.05) is 0 Å². The molecule has 0 radical (unpaired) electrons. The van der Waals surface area contributed by atoms with Gasteiger partial charge in [0.1, 0.15) is 6.61 Å². The second kappa shape index (κ2) is 4.19. The Balaban J connectivity index is 2.43. The topological polar surface area (TPSA) is 80.7 Å². The Morgan fingerprint density at radius 1 is 1.28 bits per heavy atom. The van der Waals surface area contributed by atoms with Crippen molar-refractivity contribution >= 4 is 17.5 Å². The van der Waals surface area contributed by atoms with Crippen LogP contribution in [-0.4, -0.2) is 34.9 Å². The Morgan fingerprint density at radius 2 is 1.78 bits per heavy atom. The maximum absolute atomic E-state index is 11.9. The minimum atomic E-state index is -2.76. The summed E-state index contributed by atoms with van der Waals surface area (Å²) in [6.07, 6.45) is 1.28. The molecule has 0 bridgehead atoms. The molecule has 0 aliphatic heterocycles. The highest BCUT2D eigenvalue weighted by Gasteiger charge is 2.58. The van der Waals surface area contributed by atoms with E-state index in [-0.39, 0.29) is 17.7 Å². The maximum atomic E-state index is 11.9. The average Bonchev–Trinajstić information content (AvgIpc) is 2.60. The minimum absolute atomic E-state index is 0.0283. The van der Waals surface area contributed by atoms with Gasteiger partial charge in [0.2, 0.25) is 11.6 Å². The van der Waals surface area contributed by atoms with Crippen LogP contribution in [0.5, 0.6) is 0 Å². The van der Waals surface area contributed by atoms with Crippen LogP contribution in [0.2, 0.25) is 0 Å². The molecule has 5 nitrogen and oxygen atoms in total. The average molecular weight is 246 g/mol. The summed E-state index contributed by atoms with van der Waals surface area (Å²) in [7, 11) is 0. The van der Waals surface area contributed by atoms with Crippen molar-refractivity contribution in [1.82, 2.24) is 0 Å². The number of hydrogen-bond acceptors (Lipinski definition) is 5. The standard InChI is InChI=1S/C13H10O5/c1-2-7-18-12(16)13(17)10(14)8-5-3-4-6-9(8)11(13)15/h2-6,17H,1,7H2. The van der Waals surface area contributed by atoms with Crippen LogP contribution in [0.25, 0.3) is 0 Å². The molecule has 1 aliphatic carbocycles. The fourth-order valence-corrected chi connectivity index (χ4v) is 1.80. The molecule has 0 atom stereocenters. The van der Waals surface area contributed by atoms with Crippen molar-refractivity contribution in [3.05, 3.63) is 48.0 Å². The van der Waals surface area contributed by atoms with E-state index in [0.717, 1.165) is 0 Å². The number of aliphatic hydroxyl groups is 1. The summed E-state index contributed by atoms with van der Waals surface area (Å²) in [5.74, 6) is -3.16. The molecule has 18 heavy (non-hydrogen) atoms. The Morgan fingerprint density at radius 3 is 2.22 bits per heavy atom. The molecule has 0 saturated carbocycles. The van der Waals surface area contributed by atoms with Crippen molar-refractivity contribution in [1.29, 1.82) is 0 Å². The molecule has 0 saturated heterocycles. The molecular formula is C13H10O5. The zero-order valence-electron chi connectivity index (χ0n) is 9.38. The molecule has 0 aromatic heterocycles. The van der Waals surface area contributed by atoms with Crippen molar-refractivity contribution in [2.75, 3.05) is 6.61 Å². The second-order valence-electron chi connectivity index (χ2n) is 3.80. The first-order chi connectivity index (χ1) is 8.53. The van der Waals surface area contributed by atoms with Gasteiger partial charge in [0.05, 0.1) is 0 Å². The largest absolute Gasteiger partial charge is 0.459 e. The fourth-order valence-electron chi connectivity index (χ4n) is 1.80. The summed E-state index contributed by atoms with van der Waals surface area (Å²) in [4.78, 5) is 35.5. The predicted molar refractivity (Wildman–Crippen MR) is 61.2 cm³/mol. The third-order valence-corrected chi connectivity index (χ3v) is 2.70. The number of hydrogen-bond donors (Lipinski definition) is 1. The number of benzene rings is 1. The summed E-state index contributed by atoms with van der Waals surface area (Å²) >= 11 is 0. The quantitative estimate of drug-likeness (QED) is 0.478. The van der Waals surface area contributed by atoms with Crippen LogP contribution in [0.3, 0.4) is 0 Å². The van der Waals surface area contributed by atoms with Gasteiger partial charge in [-0.15, -0.1) is 0 Å². The lowest BCUT2D eigenvalue weighted by Gasteiger charge is -2.16. The second-order valence-corrected chi connectivity index (χ2v) is 3.80. The van der Waals surface area contributed by atoms with Crippen molar-refractivity contribution < 1.29 is 24.2 Å². The van der Waals surface area contributed by atoms with E-state index in [0.29, 0.717) is 0 Å². The maximum Gasteiger partial charge on any atom is 0.355 e. The molecule has 0 unspecified atom stereocenters. The van der Waals surface area contributed by atoms with Crippen molar-refractivity contribution in [3.63, 3.8) is 0 Å². The molecule has 0 amide bonds. The highest BCUT2D eigenvalue weighted by Crippen LogP contribution is 2.30. The normalized spacial score (nSPS) is 16.3. The lowest BCUT2D eigenvalue weighted by atomic mass is 9.98. The number of rotatable bonds is 3. The third kappa shape index (κ3) is 1.48. The van der Waals surface area contributed by atoms with Crippen molar-refractivity contribution in [2.24, 2.45) is 0 Å². The Bertz CT molecular complexity index is 523. The predicted octanol–water partition coefficient (Wildman–Crippen LogP) is 0.526. The van der Waals surface area contributed by atoms with Crippen molar-refractivity contribution in [3.8, 4) is 0 Å². The molecule has 1 N–H and O–H groups in total. The number of Topliss-reactive ketones (excluding diaryl/α,β-unsaturated/α-hetero) is 2. The lowest BCUT2D eigenvalue weighted by molar-refractivity contribution is -0.154. The smallest absolute Gasteiger partial charge is 0.355 e. The first-order valence-electron chi connectivity index (χ1n) is 5.22. The first kappa shape index (κ1) is 12.2. The van der Waals surface area contributed by atoms with Gasteiger partial charge in [-0.1, -0.05) is 36.9 Å². The van der Waals surface area contributed by atoms with Crippen LogP contribution in [0.1, 0.15) is 20.7 Å². The SMILES string of the molecule is C=CCOC(=O)C1(O)C(=O)c2ccccc2C1=O. The molecule has 1 aliphatic rings. The van der Waals surface area contributed by atoms with Gasteiger partial charge < -0.3 is 9.84 Å². The summed E-state index contributed by atoms with van der Waals surface area (Å²) in [6, 6.07) is 5.86. The Labute approximate surface area is 103 Å². The zero-order chi connectivity index (χ0) is 13.3. The molecule has 0 heterocycles. The molecule has 92 valence electrons. The van der Waals surface area contributed by atoms with Gasteiger partial charge in [0.25, 0.3) is 5.60 Å². The van der Waals surface area contributed by atoms with E-state index in [9.17, 15) is 19.5 Å². The van der Waals surface area contributed by atoms with Crippen LogP contribution in [0.15, 0.2) is 36.9 Å². The van der Waals surface area contributed by atoms with Crippen LogP contribution < -0.4 is 0 Å². The van der Waals surface area contributed by atoms with Gasteiger partial charge in [-0.25, -0.2) is 4.79 Å². The van der Waals surface area contributed by atoms with Gasteiger partial charge in [-0.3, -0.25) is 9.59 Å². The highest BCUT2D eigenvalue weighted by molar-refractivity contribution is 6.41. The number of fused-ring (bicyclic) bond motifs is 1. The van der Waals surface area contributed by atoms with Crippen LogP contribution >= 0.6 is 0 Å². The van der Waals surface area contributed by atoms with Crippen LogP contribution in [0.4, 0.5) is 0 Å². The number of ketones is 2. The monoisotopic (exact) mass is 246 g/mol. The number of carbonyl (C=O) groups excluding carboxylic acids is 3. The highest BCUT2D eigenvalue weighted by atomic mass is 16.6. The summed E-state index contributed by atoms with van der Waals surface area (Å²) < 4.78 is 4.60. The molecule has 0 fully saturated rings. The lowest BCUT2D eigenvalue weighted by Crippen LogP contribution is -2.50. The van der Waals surface area contributed by atoms with Gasteiger partial charge in [0.15, 0.2) is 0 Å². The molecule has 2 rings (SSSR count). The Hall–Kier alpha value is -2.27. The fraction of sp³-hybridized carbons (Fsp3) is 0.154. The van der Waals surface area contributed by atoms with Gasteiger partial charge in [-0.2, -0.15) is 0 Å². The molecule has 1 aromatic carbocycles. The number of carbonyl (C=O) groups is 3. The summed E-state index contributed by atoms with van der Waals surface area (Å²) in [5.41, 5.74) is -2.70. The first-order valence-corrected chi connectivity index (χ1v) is 5.22. The van der Waals surface area contributed by atoms with E-state index in [1.165, 1.54) is 18.2 Å². The van der Waals surface area contributed by atoms with Gasteiger partial charge >= 0.3 is 5.97 Å². The van der Waals surface area contributed by atoms with Gasteiger partial charge in [-0.05, 0) is 0 Å². The van der Waals surface area contributed by atoms with E-state index >= 15 is 0 Å². The van der Waals surface area contributed by atoms with E-state index < -0.39 is 23.1 Å². The molecule has 1 aromatic rings. The summed E-state index contributed by atoms with van der Waals surface area (Å²) in [5, 5.41) is 10.0. The van der Waals surface area contributed by atoms with Crippen LogP contribution in [0, 0.1) is 0 Å². The molecule has 0 spiro atoms. The van der Waals surface area contributed by atoms with E-state index in [2.05, 4.69) is 11.3 Å². The van der Waals surface area contributed by atoms with E-state index in [1.54, 1.807) is 12.1 Å². The van der Waals surface area contributed by atoms with Gasteiger partial charge in [0, 0.05) is 11.1 Å². The van der Waals surface area contributed by atoms with E-state index in [4.69, 9.17) is 0 Å². The Kier molecular flexibility index (Phi) is 2.84. The molecular weight excluding hydrogens is 236 g/mol. The zero-order valence-corrected chi connectivity index (χ0v) is 9.38.